The molecule has 33 heavy (non-hydrogen) atoms. The molecule has 2 amide bonds. The summed E-state index contributed by atoms with van der Waals surface area (Å²) in [6.45, 7) is 4.35. The van der Waals surface area contributed by atoms with Crippen molar-refractivity contribution < 1.29 is 19.1 Å². The molecule has 1 aromatic carbocycles. The van der Waals surface area contributed by atoms with Crippen LogP contribution in [0, 0.1) is 0 Å². The zero-order chi connectivity index (χ0) is 23.6. The first-order valence-corrected chi connectivity index (χ1v) is 11.7. The van der Waals surface area contributed by atoms with Crippen LogP contribution in [0.15, 0.2) is 30.6 Å². The van der Waals surface area contributed by atoms with Crippen LogP contribution in [0.5, 0.6) is 0 Å². The van der Waals surface area contributed by atoms with Crippen LogP contribution in [-0.4, -0.2) is 50.9 Å². The molecule has 1 aliphatic heterocycles. The molecule has 0 spiro atoms. The molecular formula is C25H32N4O4. The number of aryl methyl sites for hydroxylation is 1. The standard InChI is InChI=1S/C25H32N4O4/c1-4-17-10-12-18(13-11-17)14-29-22(30)21-20(23(31)33-3)26-16-28(21)15-25(29,2)24(32)27-19-8-6-5-7-9-19/h10-13,16,19H,4-9,14-15H2,1-3H3,(H,27,32). The number of carbonyl (C=O) groups excluding carboxylic acids is 3. The summed E-state index contributed by atoms with van der Waals surface area (Å²) in [6, 6.07) is 8.16. The predicted octanol–water partition coefficient (Wildman–Crippen LogP) is 3.10. The monoisotopic (exact) mass is 452 g/mol. The predicted molar refractivity (Wildman–Crippen MR) is 123 cm³/mol. The molecule has 8 heteroatoms. The summed E-state index contributed by atoms with van der Waals surface area (Å²) >= 11 is 0. The number of nitrogens with one attached hydrogen (secondary N) is 1. The SMILES string of the molecule is CCc1ccc(CN2C(=O)c3c(C(=O)OC)ncn3CC2(C)C(=O)NC2CCCCC2)cc1. The van der Waals surface area contributed by atoms with E-state index in [0.29, 0.717) is 0 Å². The van der Waals surface area contributed by atoms with E-state index in [4.69, 9.17) is 4.74 Å². The lowest BCUT2D eigenvalue weighted by Gasteiger charge is -2.44. The third-order valence-electron chi connectivity index (χ3n) is 6.94. The molecule has 1 atom stereocenters. The molecule has 0 radical (unpaired) electrons. The number of amides is 2. The molecule has 0 saturated heterocycles. The number of rotatable bonds is 6. The molecule has 1 aromatic heterocycles. The van der Waals surface area contributed by atoms with Crippen molar-refractivity contribution in [2.24, 2.45) is 0 Å². The molecule has 2 aromatic rings. The highest BCUT2D eigenvalue weighted by Gasteiger charge is 2.49. The third-order valence-corrected chi connectivity index (χ3v) is 6.94. The molecule has 2 aliphatic rings. The van der Waals surface area contributed by atoms with Crippen LogP contribution < -0.4 is 5.32 Å². The van der Waals surface area contributed by atoms with Crippen LogP contribution in [-0.2, 0) is 29.0 Å². The van der Waals surface area contributed by atoms with E-state index in [1.54, 1.807) is 16.4 Å². The van der Waals surface area contributed by atoms with Gasteiger partial charge in [-0.05, 0) is 37.3 Å². The van der Waals surface area contributed by atoms with Crippen molar-refractivity contribution in [2.75, 3.05) is 7.11 Å². The summed E-state index contributed by atoms with van der Waals surface area (Å²) in [5.41, 5.74) is 1.13. The van der Waals surface area contributed by atoms with Crippen molar-refractivity contribution in [3.8, 4) is 0 Å². The van der Waals surface area contributed by atoms with Gasteiger partial charge in [0.1, 0.15) is 11.2 Å². The Bertz CT molecular complexity index is 1040. The number of imidazole rings is 1. The summed E-state index contributed by atoms with van der Waals surface area (Å²) in [7, 11) is 1.26. The van der Waals surface area contributed by atoms with E-state index in [2.05, 4.69) is 17.2 Å². The lowest BCUT2D eigenvalue weighted by molar-refractivity contribution is -0.134. The van der Waals surface area contributed by atoms with Crippen molar-refractivity contribution in [2.45, 2.75) is 77.0 Å². The van der Waals surface area contributed by atoms with Crippen LogP contribution in [0.3, 0.4) is 0 Å². The number of hydrogen-bond acceptors (Lipinski definition) is 5. The summed E-state index contributed by atoms with van der Waals surface area (Å²) in [5, 5.41) is 3.20. The molecule has 1 unspecified atom stereocenters. The number of nitrogens with zero attached hydrogens (tertiary/aromatic N) is 3. The average Bonchev–Trinajstić information content (AvgIpc) is 3.26. The second-order valence-corrected chi connectivity index (χ2v) is 9.20. The van der Waals surface area contributed by atoms with Gasteiger partial charge in [-0.1, -0.05) is 50.5 Å². The Morgan fingerprint density at radius 3 is 2.45 bits per heavy atom. The van der Waals surface area contributed by atoms with Crippen molar-refractivity contribution in [3.63, 3.8) is 0 Å². The van der Waals surface area contributed by atoms with Gasteiger partial charge in [-0.15, -0.1) is 0 Å². The van der Waals surface area contributed by atoms with Gasteiger partial charge >= 0.3 is 5.97 Å². The minimum absolute atomic E-state index is 0.0245. The molecule has 8 nitrogen and oxygen atoms in total. The van der Waals surface area contributed by atoms with Gasteiger partial charge in [0, 0.05) is 12.6 Å². The van der Waals surface area contributed by atoms with Crippen LogP contribution in [0.2, 0.25) is 0 Å². The molecule has 1 N–H and O–H groups in total. The lowest BCUT2D eigenvalue weighted by atomic mass is 9.90. The second kappa shape index (κ2) is 9.37. The summed E-state index contributed by atoms with van der Waals surface area (Å²) in [6.07, 6.45) is 7.67. The highest BCUT2D eigenvalue weighted by molar-refractivity contribution is 6.06. The van der Waals surface area contributed by atoms with Gasteiger partial charge in [0.2, 0.25) is 5.91 Å². The molecule has 176 valence electrons. The molecule has 1 saturated carbocycles. The van der Waals surface area contributed by atoms with Gasteiger partial charge < -0.3 is 19.5 Å². The van der Waals surface area contributed by atoms with E-state index in [-0.39, 0.29) is 36.4 Å². The van der Waals surface area contributed by atoms with Gasteiger partial charge in [-0.25, -0.2) is 9.78 Å². The van der Waals surface area contributed by atoms with E-state index < -0.39 is 17.4 Å². The first-order valence-electron chi connectivity index (χ1n) is 11.7. The smallest absolute Gasteiger partial charge is 0.359 e. The van der Waals surface area contributed by atoms with E-state index in [0.717, 1.165) is 37.7 Å². The fourth-order valence-electron chi connectivity index (χ4n) is 4.83. The maximum Gasteiger partial charge on any atom is 0.359 e. The van der Waals surface area contributed by atoms with Gasteiger partial charge in [0.15, 0.2) is 5.69 Å². The van der Waals surface area contributed by atoms with Crippen LogP contribution in [0.4, 0.5) is 0 Å². The van der Waals surface area contributed by atoms with Gasteiger partial charge in [0.25, 0.3) is 5.91 Å². The normalized spacial score (nSPS) is 20.9. The van der Waals surface area contributed by atoms with Gasteiger partial charge in [0.05, 0.1) is 20.0 Å². The van der Waals surface area contributed by atoms with E-state index in [1.807, 2.05) is 24.3 Å². The van der Waals surface area contributed by atoms with E-state index in [9.17, 15) is 14.4 Å². The molecular weight excluding hydrogens is 420 g/mol. The first-order chi connectivity index (χ1) is 15.9. The van der Waals surface area contributed by atoms with Crippen molar-refractivity contribution >= 4 is 17.8 Å². The summed E-state index contributed by atoms with van der Waals surface area (Å²) < 4.78 is 6.43. The Labute approximate surface area is 194 Å². The second-order valence-electron chi connectivity index (χ2n) is 9.20. The quantitative estimate of drug-likeness (QED) is 0.680. The number of esters is 1. The number of ether oxygens (including phenoxy) is 1. The summed E-state index contributed by atoms with van der Waals surface area (Å²) in [5.74, 6) is -1.24. The number of methoxy groups -OCH3 is 1. The van der Waals surface area contributed by atoms with Crippen molar-refractivity contribution in [1.82, 2.24) is 19.8 Å². The molecule has 1 fully saturated rings. The Morgan fingerprint density at radius 1 is 1.15 bits per heavy atom. The molecule has 2 heterocycles. The lowest BCUT2D eigenvalue weighted by Crippen LogP contribution is -2.64. The Morgan fingerprint density at radius 2 is 1.82 bits per heavy atom. The van der Waals surface area contributed by atoms with Crippen LogP contribution in [0.1, 0.15) is 78.1 Å². The van der Waals surface area contributed by atoms with Crippen molar-refractivity contribution in [3.05, 3.63) is 53.1 Å². The minimum atomic E-state index is -1.13. The number of fused-ring (bicyclic) bond motifs is 1. The highest BCUT2D eigenvalue weighted by atomic mass is 16.5. The zero-order valence-electron chi connectivity index (χ0n) is 19.6. The first kappa shape index (κ1) is 23.0. The number of hydrogen-bond donors (Lipinski definition) is 1. The maximum atomic E-state index is 13.7. The number of aromatic nitrogens is 2. The number of carbonyl (C=O) groups is 3. The Kier molecular flexibility index (Phi) is 6.54. The van der Waals surface area contributed by atoms with Crippen molar-refractivity contribution in [1.29, 1.82) is 0 Å². The fraction of sp³-hybridized carbons (Fsp3) is 0.520. The van der Waals surface area contributed by atoms with E-state index >= 15 is 0 Å². The minimum Gasteiger partial charge on any atom is -0.464 e. The topological polar surface area (TPSA) is 93.5 Å². The maximum absolute atomic E-state index is 13.7. The molecule has 0 bridgehead atoms. The van der Waals surface area contributed by atoms with E-state index in [1.165, 1.54) is 25.4 Å². The third kappa shape index (κ3) is 4.38. The van der Waals surface area contributed by atoms with Gasteiger partial charge in [-0.2, -0.15) is 0 Å². The van der Waals surface area contributed by atoms with Gasteiger partial charge in [-0.3, -0.25) is 9.59 Å². The molecule has 4 rings (SSSR count). The van der Waals surface area contributed by atoms with Crippen LogP contribution in [0.25, 0.3) is 0 Å². The summed E-state index contributed by atoms with van der Waals surface area (Å²) in [4.78, 5) is 45.3. The zero-order valence-corrected chi connectivity index (χ0v) is 19.6. The Balaban J connectivity index is 1.70. The fourth-order valence-corrected chi connectivity index (χ4v) is 4.83. The largest absolute Gasteiger partial charge is 0.464 e. The average molecular weight is 453 g/mol. The molecule has 1 aliphatic carbocycles. The Hall–Kier alpha value is -3.16. The van der Waals surface area contributed by atoms with Crippen LogP contribution >= 0.6 is 0 Å². The highest BCUT2D eigenvalue weighted by Crippen LogP contribution is 2.31. The number of benzene rings is 1.